The number of carbonyl (C=O) groups excluding carboxylic acids is 2. The van der Waals surface area contributed by atoms with E-state index in [9.17, 15) is 9.59 Å². The van der Waals surface area contributed by atoms with Crippen molar-refractivity contribution in [2.75, 3.05) is 12.4 Å². The van der Waals surface area contributed by atoms with Crippen molar-refractivity contribution in [3.8, 4) is 11.3 Å². The minimum absolute atomic E-state index is 0.269. The number of ether oxygens (including phenoxy) is 1. The second-order valence-electron chi connectivity index (χ2n) is 11.4. The molecule has 1 amide bonds. The van der Waals surface area contributed by atoms with E-state index >= 15 is 0 Å². The maximum absolute atomic E-state index is 14.0. The average molecular weight is 575 g/mol. The first kappa shape index (κ1) is 27.9. The summed E-state index contributed by atoms with van der Waals surface area (Å²) in [4.78, 5) is 33.0. The highest BCUT2D eigenvalue weighted by Gasteiger charge is 2.31. The number of pyridine rings is 1. The van der Waals surface area contributed by atoms with Gasteiger partial charge in [-0.2, -0.15) is 0 Å². The minimum Gasteiger partial charge on any atom is -0.465 e. The number of rotatable bonds is 7. The largest absolute Gasteiger partial charge is 0.465 e. The van der Waals surface area contributed by atoms with Crippen LogP contribution >= 0.6 is 11.3 Å². The zero-order valence-corrected chi connectivity index (χ0v) is 25.0. The van der Waals surface area contributed by atoms with Gasteiger partial charge in [0.05, 0.1) is 29.4 Å². The Hall–Kier alpha value is -4.29. The van der Waals surface area contributed by atoms with Crippen molar-refractivity contribution < 1.29 is 14.3 Å². The fourth-order valence-corrected chi connectivity index (χ4v) is 7.28. The summed E-state index contributed by atoms with van der Waals surface area (Å²) in [7, 11) is 1.39. The summed E-state index contributed by atoms with van der Waals surface area (Å²) in [5, 5.41) is 4.42. The Morgan fingerprint density at radius 3 is 2.48 bits per heavy atom. The second kappa shape index (κ2) is 11.9. The standard InChI is InChI=1S/C36H34N2O3S/c1-22(2)19-23-13-15-25(16-14-23)31-21-29(27-11-7-8-12-30(27)37-31)34(39)38-35-33(36(40)41-3)28-18-17-26(20-32(28)42-35)24-9-5-4-6-10-24/h4-16,21-22,26H,17-20H2,1-3H3,(H,38,39)/t26-/m1/s1. The van der Waals surface area contributed by atoms with Gasteiger partial charge >= 0.3 is 5.97 Å². The number of thiophene rings is 1. The van der Waals surface area contributed by atoms with E-state index in [2.05, 4.69) is 67.7 Å². The maximum atomic E-state index is 14.0. The van der Waals surface area contributed by atoms with Gasteiger partial charge < -0.3 is 10.1 Å². The SMILES string of the molecule is COC(=O)c1c(NC(=O)c2cc(-c3ccc(CC(C)C)cc3)nc3ccccc23)sc2c1CC[C@@H](c1ccccc1)C2. The van der Waals surface area contributed by atoms with E-state index in [-0.39, 0.29) is 5.91 Å². The quantitative estimate of drug-likeness (QED) is 0.198. The van der Waals surface area contributed by atoms with E-state index < -0.39 is 5.97 Å². The van der Waals surface area contributed by atoms with Gasteiger partial charge in [0.1, 0.15) is 5.00 Å². The number of hydrogen-bond donors (Lipinski definition) is 1. The number of nitrogens with zero attached hydrogens (tertiary/aromatic N) is 1. The third-order valence-electron chi connectivity index (χ3n) is 8.01. The third-order valence-corrected chi connectivity index (χ3v) is 9.18. The highest BCUT2D eigenvalue weighted by molar-refractivity contribution is 7.17. The molecule has 2 aromatic heterocycles. The number of benzene rings is 3. The number of aromatic nitrogens is 1. The van der Waals surface area contributed by atoms with Crippen LogP contribution in [-0.2, 0) is 24.0 Å². The number of methoxy groups -OCH3 is 1. The number of para-hydroxylation sites is 1. The lowest BCUT2D eigenvalue weighted by molar-refractivity contribution is 0.0601. The van der Waals surface area contributed by atoms with Crippen LogP contribution in [0.4, 0.5) is 5.00 Å². The Kier molecular flexibility index (Phi) is 7.90. The van der Waals surface area contributed by atoms with Crippen LogP contribution in [0.3, 0.4) is 0 Å². The Balaban J connectivity index is 1.35. The molecule has 5 aromatic rings. The predicted octanol–water partition coefficient (Wildman–Crippen LogP) is 8.47. The van der Waals surface area contributed by atoms with Crippen molar-refractivity contribution in [2.24, 2.45) is 5.92 Å². The fourth-order valence-electron chi connectivity index (χ4n) is 5.97. The first-order chi connectivity index (χ1) is 20.4. The van der Waals surface area contributed by atoms with E-state index in [1.54, 1.807) is 0 Å². The highest BCUT2D eigenvalue weighted by Crippen LogP contribution is 2.43. The van der Waals surface area contributed by atoms with Gasteiger partial charge in [-0.15, -0.1) is 11.3 Å². The van der Waals surface area contributed by atoms with Gasteiger partial charge in [0.25, 0.3) is 5.91 Å². The first-order valence-electron chi connectivity index (χ1n) is 14.5. The number of amides is 1. The van der Waals surface area contributed by atoms with Crippen molar-refractivity contribution in [1.82, 2.24) is 4.98 Å². The molecule has 0 bridgehead atoms. The number of nitrogens with one attached hydrogen (secondary N) is 1. The molecule has 5 nitrogen and oxygen atoms in total. The molecule has 1 aliphatic rings. The van der Waals surface area contributed by atoms with Gasteiger partial charge in [-0.3, -0.25) is 4.79 Å². The van der Waals surface area contributed by atoms with Gasteiger partial charge in [-0.1, -0.05) is 86.6 Å². The molecule has 0 spiro atoms. The number of fused-ring (bicyclic) bond motifs is 2. The van der Waals surface area contributed by atoms with Crippen molar-refractivity contribution >= 4 is 39.1 Å². The van der Waals surface area contributed by atoms with Crippen LogP contribution in [0.1, 0.15) is 68.5 Å². The molecule has 0 unspecified atom stereocenters. The number of hydrogen-bond acceptors (Lipinski definition) is 5. The molecule has 212 valence electrons. The molecule has 1 aliphatic carbocycles. The van der Waals surface area contributed by atoms with Crippen LogP contribution < -0.4 is 5.32 Å². The smallest absolute Gasteiger partial charge is 0.341 e. The van der Waals surface area contributed by atoms with Gasteiger partial charge in [-0.05, 0) is 66.3 Å². The Morgan fingerprint density at radius 2 is 1.74 bits per heavy atom. The summed E-state index contributed by atoms with van der Waals surface area (Å²) in [5.41, 5.74) is 7.01. The lowest BCUT2D eigenvalue weighted by atomic mass is 9.83. The van der Waals surface area contributed by atoms with E-state index in [0.717, 1.165) is 58.3 Å². The van der Waals surface area contributed by atoms with E-state index in [1.807, 2.05) is 36.4 Å². The van der Waals surface area contributed by atoms with E-state index in [1.165, 1.54) is 29.6 Å². The van der Waals surface area contributed by atoms with Crippen LogP contribution in [0.25, 0.3) is 22.2 Å². The van der Waals surface area contributed by atoms with E-state index in [4.69, 9.17) is 9.72 Å². The Bertz CT molecular complexity index is 1760. The van der Waals surface area contributed by atoms with Gasteiger partial charge in [-0.25, -0.2) is 9.78 Å². The molecule has 0 saturated heterocycles. The number of carbonyl (C=O) groups is 2. The molecular formula is C36H34N2O3S. The number of esters is 1. The molecule has 0 radical (unpaired) electrons. The summed E-state index contributed by atoms with van der Waals surface area (Å²) in [6.07, 6.45) is 3.55. The van der Waals surface area contributed by atoms with Gasteiger partial charge in [0, 0.05) is 15.8 Å². The van der Waals surface area contributed by atoms with Crippen LogP contribution in [0.2, 0.25) is 0 Å². The third kappa shape index (κ3) is 5.59. The topological polar surface area (TPSA) is 68.3 Å². The normalized spacial score (nSPS) is 14.5. The zero-order chi connectivity index (χ0) is 29.2. The molecule has 0 fully saturated rings. The molecule has 1 atom stereocenters. The fraction of sp³-hybridized carbons (Fsp3) is 0.250. The predicted molar refractivity (Wildman–Crippen MR) is 171 cm³/mol. The van der Waals surface area contributed by atoms with Crippen molar-refractivity contribution in [2.45, 2.75) is 45.4 Å². The minimum atomic E-state index is -0.414. The zero-order valence-electron chi connectivity index (χ0n) is 24.1. The van der Waals surface area contributed by atoms with Crippen LogP contribution in [0, 0.1) is 5.92 Å². The lowest BCUT2D eigenvalue weighted by Crippen LogP contribution is -2.16. The molecule has 0 aliphatic heterocycles. The first-order valence-corrected chi connectivity index (χ1v) is 15.3. The molecule has 6 rings (SSSR count). The van der Waals surface area contributed by atoms with Crippen molar-refractivity contribution in [3.05, 3.63) is 118 Å². The summed E-state index contributed by atoms with van der Waals surface area (Å²) in [6.45, 7) is 4.42. The monoisotopic (exact) mass is 574 g/mol. The molecule has 0 saturated carbocycles. The summed E-state index contributed by atoms with van der Waals surface area (Å²) in [5.74, 6) is 0.273. The summed E-state index contributed by atoms with van der Waals surface area (Å²) in [6, 6.07) is 28.4. The number of anilines is 1. The Labute approximate surface area is 250 Å². The maximum Gasteiger partial charge on any atom is 0.341 e. The van der Waals surface area contributed by atoms with Crippen molar-refractivity contribution in [3.63, 3.8) is 0 Å². The van der Waals surface area contributed by atoms with E-state index in [0.29, 0.717) is 28.0 Å². The average Bonchev–Trinajstić information content (AvgIpc) is 3.37. The van der Waals surface area contributed by atoms with Gasteiger partial charge in [0.2, 0.25) is 0 Å². The van der Waals surface area contributed by atoms with Crippen molar-refractivity contribution in [1.29, 1.82) is 0 Å². The Morgan fingerprint density at radius 1 is 1.00 bits per heavy atom. The highest BCUT2D eigenvalue weighted by atomic mass is 32.1. The lowest BCUT2D eigenvalue weighted by Gasteiger charge is -2.22. The van der Waals surface area contributed by atoms with Crippen LogP contribution in [0.15, 0.2) is 84.9 Å². The molecule has 1 N–H and O–H groups in total. The summed E-state index contributed by atoms with van der Waals surface area (Å²) >= 11 is 1.49. The second-order valence-corrected chi connectivity index (χ2v) is 12.5. The summed E-state index contributed by atoms with van der Waals surface area (Å²) < 4.78 is 5.19. The molecule has 6 heteroatoms. The van der Waals surface area contributed by atoms with Crippen LogP contribution in [0.5, 0.6) is 0 Å². The molecule has 42 heavy (non-hydrogen) atoms. The molecule has 2 heterocycles. The molecule has 3 aromatic carbocycles. The van der Waals surface area contributed by atoms with Gasteiger partial charge in [0.15, 0.2) is 0 Å². The molecular weight excluding hydrogens is 540 g/mol. The van der Waals surface area contributed by atoms with Crippen LogP contribution in [-0.4, -0.2) is 24.0 Å².